The Labute approximate surface area is 194 Å². The molecule has 13 heteroatoms. The number of hydrogen-bond acceptors (Lipinski definition) is 5. The van der Waals surface area contributed by atoms with Crippen molar-refractivity contribution < 1.29 is 31.9 Å². The van der Waals surface area contributed by atoms with Crippen LogP contribution in [0.1, 0.15) is 5.56 Å². The Balaban J connectivity index is 1.57. The van der Waals surface area contributed by atoms with Gasteiger partial charge in [-0.15, -0.1) is 0 Å². The van der Waals surface area contributed by atoms with Gasteiger partial charge in [0, 0.05) is 24.4 Å². The van der Waals surface area contributed by atoms with E-state index in [-0.39, 0.29) is 11.4 Å². The second kappa shape index (κ2) is 9.29. The zero-order valence-electron chi connectivity index (χ0n) is 17.8. The molecule has 0 unspecified atom stereocenters. The zero-order valence-corrected chi connectivity index (χ0v) is 17.8. The highest BCUT2D eigenvalue weighted by atomic mass is 19.4. The van der Waals surface area contributed by atoms with Crippen molar-refractivity contribution in [2.45, 2.75) is 6.18 Å². The van der Waals surface area contributed by atoms with Crippen LogP contribution < -0.4 is 20.7 Å². The number of nitrogens with zero attached hydrogens (tertiary/aromatic N) is 2. The summed E-state index contributed by atoms with van der Waals surface area (Å²) in [6.07, 6.45) is -3.95. The number of H-pyrrole nitrogens is 1. The first-order valence-electron chi connectivity index (χ1n) is 9.93. The van der Waals surface area contributed by atoms with Gasteiger partial charge in [-0.05, 0) is 30.3 Å². The number of urea groups is 1. The van der Waals surface area contributed by atoms with E-state index in [2.05, 4.69) is 31.1 Å². The molecule has 0 spiro atoms. The van der Waals surface area contributed by atoms with E-state index in [1.165, 1.54) is 31.4 Å². The molecular weight excluding hydrogens is 472 g/mol. The molecule has 35 heavy (non-hydrogen) atoms. The van der Waals surface area contributed by atoms with Crippen LogP contribution in [-0.4, -0.2) is 34.4 Å². The Hall–Kier alpha value is -4.68. The zero-order chi connectivity index (χ0) is 25.2. The molecule has 4 rings (SSSR count). The largest absolute Gasteiger partial charge is 0.416 e. The molecule has 4 N–H and O–H groups in total. The van der Waals surface area contributed by atoms with Crippen molar-refractivity contribution >= 4 is 34.5 Å². The van der Waals surface area contributed by atoms with Crippen LogP contribution in [0.15, 0.2) is 54.7 Å². The lowest BCUT2D eigenvalue weighted by Gasteiger charge is -2.12. The van der Waals surface area contributed by atoms with Crippen molar-refractivity contribution in [2.24, 2.45) is 0 Å². The standard InChI is InChI=1S/C22H16F4N6O3/c1-27-21(34)35-18-9-16(30-19-14(18)10-28-32-19)11-3-2-4-13(7-11)29-20(33)31-17-8-12(22(24,25)26)5-6-15(17)23/h2-10H,1H3,(H,27,34)(H,28,30,32)(H2,29,31,33). The molecule has 0 aliphatic heterocycles. The number of amides is 3. The summed E-state index contributed by atoms with van der Waals surface area (Å²) in [6, 6.07) is 8.55. The van der Waals surface area contributed by atoms with Gasteiger partial charge in [-0.25, -0.2) is 19.0 Å². The fraction of sp³-hybridized carbons (Fsp3) is 0.0909. The van der Waals surface area contributed by atoms with Gasteiger partial charge in [-0.1, -0.05) is 12.1 Å². The molecule has 9 nitrogen and oxygen atoms in total. The number of alkyl halides is 3. The Kier molecular flexibility index (Phi) is 6.23. The topological polar surface area (TPSA) is 121 Å². The fourth-order valence-electron chi connectivity index (χ4n) is 3.12. The summed E-state index contributed by atoms with van der Waals surface area (Å²) in [6.45, 7) is 0. The lowest BCUT2D eigenvalue weighted by atomic mass is 10.1. The number of aromatic amines is 1. The Morgan fingerprint density at radius 3 is 2.60 bits per heavy atom. The van der Waals surface area contributed by atoms with Crippen LogP contribution in [0.2, 0.25) is 0 Å². The number of aromatic nitrogens is 3. The monoisotopic (exact) mass is 488 g/mol. The third kappa shape index (κ3) is 5.29. The number of pyridine rings is 1. The molecule has 0 aliphatic rings. The first-order chi connectivity index (χ1) is 16.6. The van der Waals surface area contributed by atoms with Gasteiger partial charge in [0.1, 0.15) is 11.6 Å². The number of carbonyl (C=O) groups is 2. The Bertz CT molecular complexity index is 1420. The average molecular weight is 488 g/mol. The normalized spacial score (nSPS) is 11.2. The first-order valence-corrected chi connectivity index (χ1v) is 9.93. The summed E-state index contributed by atoms with van der Waals surface area (Å²) in [5.74, 6) is -0.836. The van der Waals surface area contributed by atoms with Crippen LogP contribution in [-0.2, 0) is 6.18 Å². The quantitative estimate of drug-likeness (QED) is 0.296. The maximum Gasteiger partial charge on any atom is 0.416 e. The molecule has 180 valence electrons. The van der Waals surface area contributed by atoms with Crippen LogP contribution in [0.5, 0.6) is 5.75 Å². The van der Waals surface area contributed by atoms with E-state index < -0.39 is 35.4 Å². The Morgan fingerprint density at radius 2 is 1.86 bits per heavy atom. The van der Waals surface area contributed by atoms with Crippen molar-refractivity contribution in [3.8, 4) is 17.0 Å². The molecule has 0 radical (unpaired) electrons. The smallest absolute Gasteiger partial charge is 0.409 e. The van der Waals surface area contributed by atoms with Crippen LogP contribution in [0.3, 0.4) is 0 Å². The molecule has 2 aromatic heterocycles. The highest BCUT2D eigenvalue weighted by Gasteiger charge is 2.31. The third-order valence-corrected chi connectivity index (χ3v) is 4.75. The molecule has 4 aromatic rings. The predicted octanol–water partition coefficient (Wildman–Crippen LogP) is 5.15. The van der Waals surface area contributed by atoms with E-state index in [0.717, 1.165) is 0 Å². The number of carbonyl (C=O) groups excluding carboxylic acids is 2. The molecule has 3 amide bonds. The van der Waals surface area contributed by atoms with E-state index in [1.54, 1.807) is 12.1 Å². The maximum absolute atomic E-state index is 13.9. The highest BCUT2D eigenvalue weighted by molar-refractivity contribution is 6.00. The summed E-state index contributed by atoms with van der Waals surface area (Å²) in [4.78, 5) is 28.4. The van der Waals surface area contributed by atoms with Gasteiger partial charge in [0.25, 0.3) is 0 Å². The fourth-order valence-corrected chi connectivity index (χ4v) is 3.12. The second-order valence-corrected chi connectivity index (χ2v) is 7.13. The maximum atomic E-state index is 13.9. The van der Waals surface area contributed by atoms with Gasteiger partial charge in [-0.3, -0.25) is 5.10 Å². The van der Waals surface area contributed by atoms with Crippen molar-refractivity contribution in [2.75, 3.05) is 17.7 Å². The molecular formula is C22H16F4N6O3. The molecule has 0 bridgehead atoms. The number of rotatable bonds is 4. The Morgan fingerprint density at radius 1 is 1.06 bits per heavy atom. The number of ether oxygens (including phenoxy) is 1. The van der Waals surface area contributed by atoms with Gasteiger partial charge in [0.15, 0.2) is 5.65 Å². The van der Waals surface area contributed by atoms with E-state index in [4.69, 9.17) is 4.74 Å². The average Bonchev–Trinajstić information content (AvgIpc) is 3.29. The minimum absolute atomic E-state index is 0.189. The van der Waals surface area contributed by atoms with Gasteiger partial charge in [0.05, 0.1) is 28.5 Å². The van der Waals surface area contributed by atoms with E-state index >= 15 is 0 Å². The molecule has 0 saturated heterocycles. The number of halogens is 4. The minimum atomic E-state index is -4.70. The van der Waals surface area contributed by atoms with E-state index in [9.17, 15) is 27.2 Å². The summed E-state index contributed by atoms with van der Waals surface area (Å²) in [5, 5.41) is 13.9. The van der Waals surface area contributed by atoms with Crippen molar-refractivity contribution in [3.63, 3.8) is 0 Å². The molecule has 2 aromatic carbocycles. The number of hydrogen-bond donors (Lipinski definition) is 4. The summed E-state index contributed by atoms with van der Waals surface area (Å²) >= 11 is 0. The lowest BCUT2D eigenvalue weighted by Crippen LogP contribution is -2.22. The van der Waals surface area contributed by atoms with Crippen LogP contribution in [0.25, 0.3) is 22.3 Å². The van der Waals surface area contributed by atoms with Crippen molar-refractivity contribution in [1.29, 1.82) is 0 Å². The van der Waals surface area contributed by atoms with Crippen LogP contribution >= 0.6 is 0 Å². The summed E-state index contributed by atoms with van der Waals surface area (Å²) in [7, 11) is 1.41. The van der Waals surface area contributed by atoms with Crippen LogP contribution in [0.4, 0.5) is 38.5 Å². The van der Waals surface area contributed by atoms with Gasteiger partial charge in [-0.2, -0.15) is 18.3 Å². The number of benzene rings is 2. The summed E-state index contributed by atoms with van der Waals surface area (Å²) in [5.41, 5.74) is -0.271. The number of anilines is 2. The van der Waals surface area contributed by atoms with E-state index in [1.807, 2.05) is 0 Å². The molecule has 0 saturated carbocycles. The predicted molar refractivity (Wildman–Crippen MR) is 118 cm³/mol. The third-order valence-electron chi connectivity index (χ3n) is 4.75. The number of fused-ring (bicyclic) bond motifs is 1. The number of nitrogens with one attached hydrogen (secondary N) is 4. The van der Waals surface area contributed by atoms with Crippen molar-refractivity contribution in [1.82, 2.24) is 20.5 Å². The second-order valence-electron chi connectivity index (χ2n) is 7.13. The van der Waals surface area contributed by atoms with Crippen molar-refractivity contribution in [3.05, 3.63) is 66.1 Å². The molecule has 2 heterocycles. The SMILES string of the molecule is CNC(=O)Oc1cc(-c2cccc(NC(=O)Nc3cc(C(F)(F)F)ccc3F)c2)nc2[nH]ncc12. The lowest BCUT2D eigenvalue weighted by molar-refractivity contribution is -0.137. The molecule has 0 aliphatic carbocycles. The van der Waals surface area contributed by atoms with Gasteiger partial charge >= 0.3 is 18.3 Å². The first kappa shape index (κ1) is 23.5. The highest BCUT2D eigenvalue weighted by Crippen LogP contribution is 2.32. The molecule has 0 fully saturated rings. The minimum Gasteiger partial charge on any atom is -0.409 e. The van der Waals surface area contributed by atoms with Crippen LogP contribution in [0, 0.1) is 5.82 Å². The van der Waals surface area contributed by atoms with E-state index in [0.29, 0.717) is 40.5 Å². The summed E-state index contributed by atoms with van der Waals surface area (Å²) < 4.78 is 57.9. The van der Waals surface area contributed by atoms with Gasteiger partial charge in [0.2, 0.25) is 0 Å². The molecule has 0 atom stereocenters. The van der Waals surface area contributed by atoms with Gasteiger partial charge < -0.3 is 20.7 Å².